The first-order valence-electron chi connectivity index (χ1n) is 11.0. The van der Waals surface area contributed by atoms with Crippen molar-refractivity contribution in [3.05, 3.63) is 95.1 Å². The maximum Gasteiger partial charge on any atom is 0.244 e. The Morgan fingerprint density at radius 2 is 1.56 bits per heavy atom. The molecule has 8 nitrogen and oxygen atoms in total. The molecule has 2 heterocycles. The minimum absolute atomic E-state index is 0.135. The van der Waals surface area contributed by atoms with Crippen LogP contribution in [0.25, 0.3) is 0 Å². The van der Waals surface area contributed by atoms with E-state index < -0.39 is 42.5 Å². The highest BCUT2D eigenvalue weighted by Gasteiger charge is 2.52. The Labute approximate surface area is 195 Å². The second-order valence-corrected chi connectivity index (χ2v) is 8.64. The molecule has 6 atom stereocenters. The van der Waals surface area contributed by atoms with Crippen LogP contribution in [-0.2, 0) is 14.9 Å². The lowest BCUT2D eigenvalue weighted by Crippen LogP contribution is -2.55. The lowest BCUT2D eigenvalue weighted by Gasteiger charge is -2.40. The van der Waals surface area contributed by atoms with Gasteiger partial charge in [0.25, 0.3) is 0 Å². The van der Waals surface area contributed by atoms with E-state index in [1.54, 1.807) is 12.1 Å². The van der Waals surface area contributed by atoms with Gasteiger partial charge in [0.1, 0.15) is 41.7 Å². The predicted octanol–water partition coefficient (Wildman–Crippen LogP) is 1.19. The molecule has 2 unspecified atom stereocenters. The monoisotopic (exact) mass is 463 g/mol. The zero-order chi connectivity index (χ0) is 24.0. The zero-order valence-corrected chi connectivity index (χ0v) is 18.1. The van der Waals surface area contributed by atoms with E-state index in [0.29, 0.717) is 22.4 Å². The Bertz CT molecular complexity index is 1210. The summed E-state index contributed by atoms with van der Waals surface area (Å²) in [5, 5.41) is 54.5. The third-order valence-electron chi connectivity index (χ3n) is 6.77. The molecule has 34 heavy (non-hydrogen) atoms. The highest BCUT2D eigenvalue weighted by molar-refractivity contribution is 6.11. The molecule has 0 bridgehead atoms. The number of hydrogen-bond donors (Lipinski definition) is 6. The molecule has 3 aromatic carbocycles. The third kappa shape index (κ3) is 3.23. The molecule has 2 aliphatic heterocycles. The summed E-state index contributed by atoms with van der Waals surface area (Å²) in [6.45, 7) is -0.559. The smallest absolute Gasteiger partial charge is 0.244 e. The standard InChI is InChI=1S/C26H25NO7/c28-13-20-21(30)22(31)23(32)24(34-20)14-10-11-19(29)17(12-14)26(15-6-2-1-3-7-15)16-8-4-5-9-18(16)27-25(26)33/h1-12,20-24,28-32H,13H2,(H,27,33)/t20-,21+,22+,23-,24?,26?/m1/s1. The van der Waals surface area contributed by atoms with Crippen LogP contribution < -0.4 is 5.32 Å². The van der Waals surface area contributed by atoms with Gasteiger partial charge in [0.05, 0.1) is 6.61 Å². The van der Waals surface area contributed by atoms with Crippen LogP contribution >= 0.6 is 0 Å². The van der Waals surface area contributed by atoms with E-state index >= 15 is 0 Å². The summed E-state index contributed by atoms with van der Waals surface area (Å²) in [6, 6.07) is 20.8. The van der Waals surface area contributed by atoms with Crippen LogP contribution in [0.5, 0.6) is 5.75 Å². The van der Waals surface area contributed by atoms with E-state index in [4.69, 9.17) is 4.74 Å². The number of benzene rings is 3. The minimum Gasteiger partial charge on any atom is -0.508 e. The number of rotatable bonds is 4. The zero-order valence-electron chi connectivity index (χ0n) is 18.1. The van der Waals surface area contributed by atoms with E-state index in [-0.39, 0.29) is 17.2 Å². The van der Waals surface area contributed by atoms with E-state index in [0.717, 1.165) is 0 Å². The van der Waals surface area contributed by atoms with Gasteiger partial charge in [0, 0.05) is 16.8 Å². The van der Waals surface area contributed by atoms with E-state index in [1.165, 1.54) is 12.1 Å². The number of ether oxygens (including phenoxy) is 1. The molecule has 0 radical (unpaired) electrons. The Balaban J connectivity index is 1.71. The first-order chi connectivity index (χ1) is 16.4. The van der Waals surface area contributed by atoms with Gasteiger partial charge in [0.2, 0.25) is 5.91 Å². The number of phenolic OH excluding ortho intramolecular Hbond substituents is 1. The van der Waals surface area contributed by atoms with Gasteiger partial charge in [-0.25, -0.2) is 0 Å². The summed E-state index contributed by atoms with van der Waals surface area (Å²) in [6.07, 6.45) is -6.73. The van der Waals surface area contributed by atoms with E-state index in [2.05, 4.69) is 5.32 Å². The van der Waals surface area contributed by atoms with Gasteiger partial charge in [-0.2, -0.15) is 0 Å². The maximum absolute atomic E-state index is 13.6. The second kappa shape index (κ2) is 8.50. The van der Waals surface area contributed by atoms with Crippen LogP contribution in [0.4, 0.5) is 5.69 Å². The molecule has 176 valence electrons. The number of hydrogen-bond acceptors (Lipinski definition) is 7. The fourth-order valence-electron chi connectivity index (χ4n) is 5.06. The summed E-state index contributed by atoms with van der Waals surface area (Å²) in [5.41, 5.74) is 1.18. The number of aromatic hydroxyl groups is 1. The van der Waals surface area contributed by atoms with Crippen LogP contribution in [0.3, 0.4) is 0 Å². The Kier molecular flexibility index (Phi) is 5.63. The molecule has 1 fully saturated rings. The van der Waals surface area contributed by atoms with Gasteiger partial charge in [-0.15, -0.1) is 0 Å². The number of aliphatic hydroxyl groups is 4. The molecule has 0 saturated carbocycles. The van der Waals surface area contributed by atoms with Crippen LogP contribution in [0.1, 0.15) is 28.4 Å². The largest absolute Gasteiger partial charge is 0.508 e. The molecule has 6 N–H and O–H groups in total. The summed E-state index contributed by atoms with van der Waals surface area (Å²) >= 11 is 0. The van der Waals surface area contributed by atoms with Crippen molar-refractivity contribution in [2.75, 3.05) is 11.9 Å². The average Bonchev–Trinajstić information content (AvgIpc) is 3.16. The number of anilines is 1. The number of carbonyl (C=O) groups is 1. The molecular formula is C26H25NO7. The van der Waals surface area contributed by atoms with Crippen molar-refractivity contribution < 1.29 is 35.1 Å². The van der Waals surface area contributed by atoms with Crippen molar-refractivity contribution in [2.24, 2.45) is 0 Å². The van der Waals surface area contributed by atoms with Crippen molar-refractivity contribution >= 4 is 11.6 Å². The molecule has 0 aliphatic carbocycles. The first kappa shape index (κ1) is 22.5. The maximum atomic E-state index is 13.6. The minimum atomic E-state index is -1.55. The van der Waals surface area contributed by atoms with Gasteiger partial charge in [-0.05, 0) is 29.3 Å². The van der Waals surface area contributed by atoms with Gasteiger partial charge >= 0.3 is 0 Å². The Hall–Kier alpha value is -3.27. The Morgan fingerprint density at radius 1 is 0.853 bits per heavy atom. The molecular weight excluding hydrogens is 438 g/mol. The predicted molar refractivity (Wildman–Crippen MR) is 122 cm³/mol. The number of amides is 1. The van der Waals surface area contributed by atoms with Crippen LogP contribution in [0, 0.1) is 0 Å². The number of fused-ring (bicyclic) bond motifs is 1. The fraction of sp³-hybridized carbons (Fsp3) is 0.269. The number of aliphatic hydroxyl groups excluding tert-OH is 4. The van der Waals surface area contributed by atoms with Crippen molar-refractivity contribution in [2.45, 2.75) is 35.9 Å². The first-order valence-corrected chi connectivity index (χ1v) is 11.0. The summed E-state index contributed by atoms with van der Waals surface area (Å²) in [5.74, 6) is -0.481. The van der Waals surface area contributed by atoms with Crippen LogP contribution in [0.2, 0.25) is 0 Å². The molecule has 0 spiro atoms. The van der Waals surface area contributed by atoms with E-state index in [1.807, 2.05) is 48.5 Å². The second-order valence-electron chi connectivity index (χ2n) is 8.64. The average molecular weight is 463 g/mol. The summed E-state index contributed by atoms with van der Waals surface area (Å²) in [7, 11) is 0. The van der Waals surface area contributed by atoms with Gasteiger partial charge in [-0.1, -0.05) is 54.6 Å². The fourth-order valence-corrected chi connectivity index (χ4v) is 5.06. The lowest BCUT2D eigenvalue weighted by molar-refractivity contribution is -0.231. The van der Waals surface area contributed by atoms with Crippen LogP contribution in [0.15, 0.2) is 72.8 Å². The highest BCUT2D eigenvalue weighted by atomic mass is 16.5. The van der Waals surface area contributed by atoms with Crippen molar-refractivity contribution in [1.82, 2.24) is 0 Å². The molecule has 1 saturated heterocycles. The lowest BCUT2D eigenvalue weighted by atomic mass is 9.69. The molecule has 8 heteroatoms. The topological polar surface area (TPSA) is 139 Å². The van der Waals surface area contributed by atoms with Crippen molar-refractivity contribution in [3.8, 4) is 5.75 Å². The highest BCUT2D eigenvalue weighted by Crippen LogP contribution is 2.50. The Morgan fingerprint density at radius 3 is 2.29 bits per heavy atom. The molecule has 5 rings (SSSR count). The molecule has 0 aromatic heterocycles. The summed E-state index contributed by atoms with van der Waals surface area (Å²) in [4.78, 5) is 13.6. The van der Waals surface area contributed by atoms with Crippen molar-refractivity contribution in [3.63, 3.8) is 0 Å². The molecule has 3 aromatic rings. The normalized spacial score (nSPS) is 30.6. The molecule has 1 amide bonds. The quantitative estimate of drug-likeness (QED) is 0.342. The third-order valence-corrected chi connectivity index (χ3v) is 6.77. The number of phenols is 1. The van der Waals surface area contributed by atoms with E-state index in [9.17, 15) is 30.3 Å². The van der Waals surface area contributed by atoms with Crippen LogP contribution in [-0.4, -0.2) is 62.5 Å². The number of para-hydroxylation sites is 1. The van der Waals surface area contributed by atoms with Gasteiger partial charge in [-0.3, -0.25) is 4.79 Å². The van der Waals surface area contributed by atoms with Crippen molar-refractivity contribution in [1.29, 1.82) is 0 Å². The summed E-state index contributed by atoms with van der Waals surface area (Å²) < 4.78 is 5.72. The van der Waals surface area contributed by atoms with Gasteiger partial charge < -0.3 is 35.6 Å². The SMILES string of the molecule is O=C1Nc2ccccc2C1(c1ccccc1)c1cc(C2O[C@H](CO)[C@H](O)[C@H](O)[C@H]2O)ccc1O. The molecule has 2 aliphatic rings. The number of nitrogens with one attached hydrogen (secondary N) is 1. The van der Waals surface area contributed by atoms with Gasteiger partial charge in [0.15, 0.2) is 0 Å². The number of carbonyl (C=O) groups excluding carboxylic acids is 1.